The van der Waals surface area contributed by atoms with Gasteiger partial charge in [-0.05, 0) is 57.8 Å². The maximum Gasteiger partial charge on any atom is 0.303 e. The van der Waals surface area contributed by atoms with Crippen LogP contribution in [0.5, 0.6) is 0 Å². The third-order valence-corrected chi connectivity index (χ3v) is 5.61. The summed E-state index contributed by atoms with van der Waals surface area (Å²) in [5.41, 5.74) is 0. The molecule has 0 saturated carbocycles. The van der Waals surface area contributed by atoms with Gasteiger partial charge in [-0.1, -0.05) is 102 Å². The van der Waals surface area contributed by atoms with Crippen molar-refractivity contribution in [1.29, 1.82) is 0 Å². The first-order chi connectivity index (χ1) is 16.5. The SMILES string of the molecule is CCCCCCCCC=CCCCCC(=O)O.CCCCCCCCC=CCCCOC(C)=O. The van der Waals surface area contributed by atoms with Crippen molar-refractivity contribution in [1.82, 2.24) is 0 Å². The summed E-state index contributed by atoms with van der Waals surface area (Å²) in [6, 6.07) is 0. The third kappa shape index (κ3) is 37.7. The maximum absolute atomic E-state index is 10.5. The zero-order chi connectivity index (χ0) is 25.5. The largest absolute Gasteiger partial charge is 0.481 e. The van der Waals surface area contributed by atoms with Gasteiger partial charge in [0.1, 0.15) is 0 Å². The number of allylic oxidation sites excluding steroid dienone is 4. The summed E-state index contributed by atoms with van der Waals surface area (Å²) in [5, 5.41) is 8.46. The van der Waals surface area contributed by atoms with E-state index in [1.165, 1.54) is 96.8 Å². The van der Waals surface area contributed by atoms with Crippen molar-refractivity contribution in [2.75, 3.05) is 6.61 Å². The van der Waals surface area contributed by atoms with Crippen molar-refractivity contribution < 1.29 is 19.4 Å². The molecule has 0 aromatic heterocycles. The molecule has 0 amide bonds. The van der Waals surface area contributed by atoms with Gasteiger partial charge in [0.15, 0.2) is 0 Å². The molecule has 0 fully saturated rings. The first kappa shape index (κ1) is 34.6. The van der Waals surface area contributed by atoms with Crippen LogP contribution < -0.4 is 0 Å². The number of esters is 1. The fourth-order valence-electron chi connectivity index (χ4n) is 3.51. The summed E-state index contributed by atoms with van der Waals surface area (Å²) < 4.78 is 4.85. The van der Waals surface area contributed by atoms with Crippen LogP contribution in [0.1, 0.15) is 149 Å². The number of ether oxygens (including phenoxy) is 1. The van der Waals surface area contributed by atoms with Crippen LogP contribution in [0.15, 0.2) is 24.3 Å². The Morgan fingerprint density at radius 2 is 0.971 bits per heavy atom. The first-order valence-electron chi connectivity index (χ1n) is 14.2. The minimum absolute atomic E-state index is 0.180. The second kappa shape index (κ2) is 31.4. The first-order valence-corrected chi connectivity index (χ1v) is 14.2. The van der Waals surface area contributed by atoms with Gasteiger partial charge in [-0.25, -0.2) is 0 Å². The van der Waals surface area contributed by atoms with Crippen LogP contribution in [0.3, 0.4) is 0 Å². The normalized spacial score (nSPS) is 11.0. The number of aliphatic carboxylic acids is 1. The van der Waals surface area contributed by atoms with Gasteiger partial charge in [0, 0.05) is 13.3 Å². The maximum atomic E-state index is 10.5. The summed E-state index contributed by atoms with van der Waals surface area (Å²) in [7, 11) is 0. The van der Waals surface area contributed by atoms with Crippen LogP contribution in [0.25, 0.3) is 0 Å². The highest BCUT2D eigenvalue weighted by Crippen LogP contribution is 2.09. The second-order valence-corrected chi connectivity index (χ2v) is 9.18. The lowest BCUT2D eigenvalue weighted by Gasteiger charge is -1.99. The van der Waals surface area contributed by atoms with E-state index < -0.39 is 5.97 Å². The number of carbonyl (C=O) groups excluding carboxylic acids is 1. The van der Waals surface area contributed by atoms with Crippen LogP contribution in [0.2, 0.25) is 0 Å². The third-order valence-electron chi connectivity index (χ3n) is 5.61. The predicted molar refractivity (Wildman–Crippen MR) is 146 cm³/mol. The lowest BCUT2D eigenvalue weighted by molar-refractivity contribution is -0.141. The average Bonchev–Trinajstić information content (AvgIpc) is 2.80. The molecule has 0 aliphatic heterocycles. The van der Waals surface area contributed by atoms with Crippen molar-refractivity contribution in [2.24, 2.45) is 0 Å². The number of hydrogen-bond donors (Lipinski definition) is 1. The van der Waals surface area contributed by atoms with E-state index in [9.17, 15) is 9.59 Å². The lowest BCUT2D eigenvalue weighted by atomic mass is 10.1. The number of hydrogen-bond acceptors (Lipinski definition) is 3. The molecular weight excluding hydrogens is 424 g/mol. The molecule has 0 bridgehead atoms. The molecule has 0 unspecified atom stereocenters. The number of carbonyl (C=O) groups is 2. The molecule has 0 aromatic rings. The van der Waals surface area contributed by atoms with E-state index >= 15 is 0 Å². The number of rotatable bonds is 23. The van der Waals surface area contributed by atoms with Crippen LogP contribution in [0, 0.1) is 0 Å². The van der Waals surface area contributed by atoms with Gasteiger partial charge < -0.3 is 9.84 Å². The van der Waals surface area contributed by atoms with E-state index in [1.54, 1.807) is 0 Å². The van der Waals surface area contributed by atoms with Gasteiger partial charge in [-0.3, -0.25) is 9.59 Å². The van der Waals surface area contributed by atoms with Gasteiger partial charge in [0.05, 0.1) is 6.61 Å². The van der Waals surface area contributed by atoms with Gasteiger partial charge >= 0.3 is 11.9 Å². The smallest absolute Gasteiger partial charge is 0.303 e. The molecule has 0 rings (SSSR count). The molecule has 4 heteroatoms. The molecule has 4 nitrogen and oxygen atoms in total. The summed E-state index contributed by atoms with van der Waals surface area (Å²) in [6.07, 6.45) is 32.6. The van der Waals surface area contributed by atoms with Crippen molar-refractivity contribution in [3.63, 3.8) is 0 Å². The van der Waals surface area contributed by atoms with Crippen molar-refractivity contribution >= 4 is 11.9 Å². The number of carboxylic acids is 1. The molecule has 200 valence electrons. The molecule has 0 heterocycles. The van der Waals surface area contributed by atoms with E-state index in [4.69, 9.17) is 9.84 Å². The fraction of sp³-hybridized carbons (Fsp3) is 0.800. The monoisotopic (exact) mass is 480 g/mol. The highest BCUT2D eigenvalue weighted by atomic mass is 16.5. The highest BCUT2D eigenvalue weighted by molar-refractivity contribution is 5.66. The minimum atomic E-state index is -0.680. The van der Waals surface area contributed by atoms with E-state index in [0.29, 0.717) is 13.0 Å². The Labute approximate surface area is 211 Å². The minimum Gasteiger partial charge on any atom is -0.481 e. The molecule has 0 aliphatic carbocycles. The molecule has 0 aromatic carbocycles. The Bertz CT molecular complexity index is 438. The van der Waals surface area contributed by atoms with E-state index in [0.717, 1.165) is 32.1 Å². The standard InChI is InChI=1S/2C15H28O2/c1-3-4-5-6-7-8-9-10-11-12-13-14-17-15(2)16;1-2-3-4-5-6-7-8-9-10-11-12-13-14-15(16)17/h10-11H,3-9,12-14H2,1-2H3;9-10H,2-8,11-14H2,1H3,(H,16,17). The molecular formula is C30H56O4. The molecule has 0 saturated heterocycles. The Morgan fingerprint density at radius 3 is 1.38 bits per heavy atom. The van der Waals surface area contributed by atoms with E-state index in [-0.39, 0.29) is 5.97 Å². The van der Waals surface area contributed by atoms with Gasteiger partial charge in [0.2, 0.25) is 0 Å². The van der Waals surface area contributed by atoms with Gasteiger partial charge in [-0.15, -0.1) is 0 Å². The zero-order valence-corrected chi connectivity index (χ0v) is 22.8. The summed E-state index contributed by atoms with van der Waals surface area (Å²) in [5.74, 6) is -0.859. The summed E-state index contributed by atoms with van der Waals surface area (Å²) in [6.45, 7) is 6.50. The van der Waals surface area contributed by atoms with Crippen LogP contribution in [-0.4, -0.2) is 23.7 Å². The van der Waals surface area contributed by atoms with Crippen LogP contribution in [0.4, 0.5) is 0 Å². The highest BCUT2D eigenvalue weighted by Gasteiger charge is 1.94. The Kier molecular flexibility index (Phi) is 32.0. The second-order valence-electron chi connectivity index (χ2n) is 9.18. The molecule has 0 aliphatic rings. The van der Waals surface area contributed by atoms with Gasteiger partial charge in [-0.2, -0.15) is 0 Å². The van der Waals surface area contributed by atoms with Crippen molar-refractivity contribution in [3.8, 4) is 0 Å². The molecule has 34 heavy (non-hydrogen) atoms. The number of carboxylic acid groups (broad SMARTS) is 1. The number of unbranched alkanes of at least 4 members (excludes halogenated alkanes) is 15. The Hall–Kier alpha value is -1.58. The topological polar surface area (TPSA) is 63.6 Å². The zero-order valence-electron chi connectivity index (χ0n) is 22.8. The lowest BCUT2D eigenvalue weighted by Crippen LogP contribution is -1.99. The van der Waals surface area contributed by atoms with Crippen molar-refractivity contribution in [2.45, 2.75) is 149 Å². The van der Waals surface area contributed by atoms with E-state index in [1.807, 2.05) is 0 Å². The van der Waals surface area contributed by atoms with Crippen LogP contribution >= 0.6 is 0 Å². The molecule has 0 atom stereocenters. The van der Waals surface area contributed by atoms with Crippen LogP contribution in [-0.2, 0) is 14.3 Å². The fourth-order valence-corrected chi connectivity index (χ4v) is 3.51. The Morgan fingerprint density at radius 1 is 0.588 bits per heavy atom. The van der Waals surface area contributed by atoms with Crippen molar-refractivity contribution in [3.05, 3.63) is 24.3 Å². The average molecular weight is 481 g/mol. The summed E-state index contributed by atoms with van der Waals surface area (Å²) in [4.78, 5) is 20.7. The predicted octanol–water partition coefficient (Wildman–Crippen LogP) is 9.57. The molecule has 1 N–H and O–H groups in total. The van der Waals surface area contributed by atoms with Gasteiger partial charge in [0.25, 0.3) is 0 Å². The van der Waals surface area contributed by atoms with E-state index in [2.05, 4.69) is 38.2 Å². The molecule has 0 spiro atoms. The summed E-state index contributed by atoms with van der Waals surface area (Å²) >= 11 is 0. The quantitative estimate of drug-likeness (QED) is 0.0898. The Balaban J connectivity index is 0. The molecule has 0 radical (unpaired) electrons.